The van der Waals surface area contributed by atoms with Gasteiger partial charge in [0.25, 0.3) is 0 Å². The van der Waals surface area contributed by atoms with Gasteiger partial charge in [-0.05, 0) is 57.0 Å². The van der Waals surface area contributed by atoms with Gasteiger partial charge in [-0.25, -0.2) is 9.78 Å². The van der Waals surface area contributed by atoms with Crippen LogP contribution < -0.4 is 5.32 Å². The van der Waals surface area contributed by atoms with Gasteiger partial charge >= 0.3 is 6.09 Å². The molecule has 0 aromatic carbocycles. The summed E-state index contributed by atoms with van der Waals surface area (Å²) in [5.74, 6) is 1.04. The first-order valence-electron chi connectivity index (χ1n) is 8.92. The Morgan fingerprint density at radius 3 is 2.59 bits per heavy atom. The number of hydrogen-bond donors (Lipinski definition) is 1. The van der Waals surface area contributed by atoms with Crippen molar-refractivity contribution in [2.45, 2.75) is 51.2 Å². The van der Waals surface area contributed by atoms with E-state index in [2.05, 4.69) is 21.4 Å². The predicted molar refractivity (Wildman–Crippen MR) is 103 cm³/mol. The minimum Gasteiger partial charge on any atom is -0.444 e. The van der Waals surface area contributed by atoms with Crippen LogP contribution in [-0.2, 0) is 4.74 Å². The highest BCUT2D eigenvalue weighted by molar-refractivity contribution is 6.33. The van der Waals surface area contributed by atoms with E-state index in [0.29, 0.717) is 42.2 Å². The van der Waals surface area contributed by atoms with Gasteiger partial charge in [0.1, 0.15) is 16.4 Å². The number of likely N-dealkylation sites (tertiary alicyclic amines) is 1. The molecule has 2 aliphatic rings. The first kappa shape index (κ1) is 20.0. The summed E-state index contributed by atoms with van der Waals surface area (Å²) in [5.41, 5.74) is -0.949. The van der Waals surface area contributed by atoms with Crippen molar-refractivity contribution in [2.75, 3.05) is 18.4 Å². The summed E-state index contributed by atoms with van der Waals surface area (Å²) in [6.07, 6.45) is 3.00. The summed E-state index contributed by atoms with van der Waals surface area (Å²) in [6.45, 7) is 6.85. The van der Waals surface area contributed by atoms with Crippen molar-refractivity contribution in [2.24, 2.45) is 11.8 Å². The molecule has 146 valence electrons. The van der Waals surface area contributed by atoms with Gasteiger partial charge in [0.2, 0.25) is 5.28 Å². The van der Waals surface area contributed by atoms with E-state index in [0.717, 1.165) is 12.8 Å². The first-order valence-corrected chi connectivity index (χ1v) is 9.67. The lowest BCUT2D eigenvalue weighted by atomic mass is 9.91. The van der Waals surface area contributed by atoms with Crippen LogP contribution in [-0.4, -0.2) is 45.2 Å². The molecule has 1 saturated carbocycles. The lowest BCUT2D eigenvalue weighted by Crippen LogP contribution is -2.40. The molecule has 1 aromatic heterocycles. The molecule has 2 heterocycles. The van der Waals surface area contributed by atoms with E-state index in [-0.39, 0.29) is 11.4 Å². The highest BCUT2D eigenvalue weighted by Gasteiger charge is 2.50. The van der Waals surface area contributed by atoms with E-state index in [1.165, 1.54) is 6.20 Å². The van der Waals surface area contributed by atoms with E-state index < -0.39 is 11.1 Å². The minimum atomic E-state index is -0.510. The normalized spacial score (nSPS) is 27.2. The third-order valence-corrected chi connectivity index (χ3v) is 5.51. The van der Waals surface area contributed by atoms with Gasteiger partial charge in [0.05, 0.1) is 24.2 Å². The molecule has 0 bridgehead atoms. The molecule has 7 nitrogen and oxygen atoms in total. The lowest BCUT2D eigenvalue weighted by Gasteiger charge is -2.31. The fraction of sp³-hybridized carbons (Fsp3) is 0.667. The minimum absolute atomic E-state index is 0.100. The van der Waals surface area contributed by atoms with Crippen molar-refractivity contribution < 1.29 is 9.53 Å². The first-order chi connectivity index (χ1) is 12.6. The van der Waals surface area contributed by atoms with Crippen LogP contribution >= 0.6 is 23.2 Å². The zero-order valence-electron chi connectivity index (χ0n) is 15.6. The number of nitriles is 1. The average molecular weight is 412 g/mol. The second kappa shape index (κ2) is 7.33. The smallest absolute Gasteiger partial charge is 0.410 e. The van der Waals surface area contributed by atoms with Crippen LogP contribution in [0.25, 0.3) is 0 Å². The van der Waals surface area contributed by atoms with Crippen molar-refractivity contribution in [1.82, 2.24) is 14.9 Å². The summed E-state index contributed by atoms with van der Waals surface area (Å²) in [5, 5.41) is 13.2. The standard InChI is InChI=1S/C18H23Cl2N5O2/c1-17(2,3)27-16(26)25-9-11-6-18(4-5-21,7-12(11)10-25)24-14-13(19)8-22-15(20)23-14/h8,11-12H,4,6-7,9-10H2,1-3H3,(H,22,23,24). The number of halogens is 2. The van der Waals surface area contributed by atoms with E-state index in [1.54, 1.807) is 4.90 Å². The molecule has 1 aliphatic carbocycles. The largest absolute Gasteiger partial charge is 0.444 e. The van der Waals surface area contributed by atoms with Crippen molar-refractivity contribution in [3.63, 3.8) is 0 Å². The van der Waals surface area contributed by atoms with Crippen LogP contribution in [0.3, 0.4) is 0 Å². The zero-order valence-corrected chi connectivity index (χ0v) is 17.1. The maximum atomic E-state index is 12.3. The highest BCUT2D eigenvalue weighted by atomic mass is 35.5. The Labute approximate surface area is 169 Å². The molecule has 1 N–H and O–H groups in total. The van der Waals surface area contributed by atoms with Gasteiger partial charge in [-0.1, -0.05) is 11.6 Å². The van der Waals surface area contributed by atoms with Crippen LogP contribution in [0.4, 0.5) is 10.6 Å². The summed E-state index contributed by atoms with van der Waals surface area (Å²) in [6, 6.07) is 2.27. The topological polar surface area (TPSA) is 91.1 Å². The van der Waals surface area contributed by atoms with Crippen molar-refractivity contribution in [3.05, 3.63) is 16.5 Å². The summed E-state index contributed by atoms with van der Waals surface area (Å²) in [7, 11) is 0. The number of fused-ring (bicyclic) bond motifs is 1. The SMILES string of the molecule is CC(C)(C)OC(=O)N1CC2CC(CC#N)(Nc3nc(Cl)ncc3Cl)CC2C1. The Balaban J connectivity index is 1.71. The molecule has 2 fully saturated rings. The Morgan fingerprint density at radius 1 is 1.41 bits per heavy atom. The predicted octanol–water partition coefficient (Wildman–Crippen LogP) is 4.12. The van der Waals surface area contributed by atoms with Crippen LogP contribution in [0.2, 0.25) is 10.3 Å². The quantitative estimate of drug-likeness (QED) is 0.751. The summed E-state index contributed by atoms with van der Waals surface area (Å²) in [4.78, 5) is 22.1. The molecular weight excluding hydrogens is 389 g/mol. The molecule has 2 atom stereocenters. The van der Waals surface area contributed by atoms with Gasteiger partial charge in [-0.15, -0.1) is 0 Å². The Morgan fingerprint density at radius 2 is 2.04 bits per heavy atom. The molecule has 0 radical (unpaired) electrons. The summed E-state index contributed by atoms with van der Waals surface area (Å²) < 4.78 is 5.48. The highest BCUT2D eigenvalue weighted by Crippen LogP contribution is 2.47. The molecule has 1 aromatic rings. The Hall–Kier alpha value is -1.78. The number of nitrogens with zero attached hydrogens (tertiary/aromatic N) is 4. The molecular formula is C18H23Cl2N5O2. The fourth-order valence-corrected chi connectivity index (χ4v) is 4.36. The molecule has 3 rings (SSSR count). The van der Waals surface area contributed by atoms with Gasteiger partial charge in [-0.2, -0.15) is 10.2 Å². The maximum Gasteiger partial charge on any atom is 0.410 e. The molecule has 27 heavy (non-hydrogen) atoms. The monoisotopic (exact) mass is 411 g/mol. The van der Waals surface area contributed by atoms with E-state index in [9.17, 15) is 10.1 Å². The van der Waals surface area contributed by atoms with Gasteiger partial charge in [0, 0.05) is 13.1 Å². The number of ether oxygens (including phenoxy) is 1. The van der Waals surface area contributed by atoms with Crippen molar-refractivity contribution >= 4 is 35.1 Å². The van der Waals surface area contributed by atoms with Gasteiger partial charge < -0.3 is 15.0 Å². The number of anilines is 1. The number of hydrogen-bond acceptors (Lipinski definition) is 6. The second-order valence-electron chi connectivity index (χ2n) is 8.39. The van der Waals surface area contributed by atoms with Crippen molar-refractivity contribution in [3.8, 4) is 6.07 Å². The number of carbonyl (C=O) groups excluding carboxylic acids is 1. The van der Waals surface area contributed by atoms with E-state index in [1.807, 2.05) is 20.8 Å². The molecule has 2 unspecified atom stereocenters. The molecule has 9 heteroatoms. The van der Waals surface area contributed by atoms with E-state index >= 15 is 0 Å². The van der Waals surface area contributed by atoms with Crippen LogP contribution in [0, 0.1) is 23.2 Å². The molecule has 1 amide bonds. The summed E-state index contributed by atoms with van der Waals surface area (Å²) >= 11 is 12.1. The van der Waals surface area contributed by atoms with Crippen LogP contribution in [0.5, 0.6) is 0 Å². The van der Waals surface area contributed by atoms with Crippen LogP contribution in [0.1, 0.15) is 40.0 Å². The van der Waals surface area contributed by atoms with Gasteiger partial charge in [-0.3, -0.25) is 0 Å². The molecule has 1 aliphatic heterocycles. The second-order valence-corrected chi connectivity index (χ2v) is 9.13. The number of aromatic nitrogens is 2. The maximum absolute atomic E-state index is 12.3. The number of nitrogens with one attached hydrogen (secondary N) is 1. The molecule has 0 spiro atoms. The van der Waals surface area contributed by atoms with E-state index in [4.69, 9.17) is 27.9 Å². The third kappa shape index (κ3) is 4.56. The molecule has 1 saturated heterocycles. The number of rotatable bonds is 3. The number of amides is 1. The fourth-order valence-electron chi connectivity index (χ4n) is 4.09. The zero-order chi connectivity index (χ0) is 19.8. The average Bonchev–Trinajstić information content (AvgIpc) is 3.05. The number of carbonyl (C=O) groups is 1. The van der Waals surface area contributed by atoms with Crippen LogP contribution in [0.15, 0.2) is 6.20 Å². The third-order valence-electron chi connectivity index (χ3n) is 5.05. The van der Waals surface area contributed by atoms with Crippen molar-refractivity contribution in [1.29, 1.82) is 5.26 Å². The Kier molecular flexibility index (Phi) is 5.42. The lowest BCUT2D eigenvalue weighted by molar-refractivity contribution is 0.0277. The van der Waals surface area contributed by atoms with Gasteiger partial charge in [0.15, 0.2) is 0 Å². The Bertz CT molecular complexity index is 760.